The van der Waals surface area contributed by atoms with Crippen molar-refractivity contribution < 1.29 is 17.9 Å². The molecule has 11 heteroatoms. The number of nitrogens with zero attached hydrogens (tertiary/aromatic N) is 3. The predicted octanol–water partition coefficient (Wildman–Crippen LogP) is 3.01. The number of carbonyl (C=O) groups excluding carboxylic acids is 1. The lowest BCUT2D eigenvalue weighted by atomic mass is 10.2. The van der Waals surface area contributed by atoms with E-state index in [1.54, 1.807) is 30.3 Å². The van der Waals surface area contributed by atoms with Gasteiger partial charge in [0, 0.05) is 5.75 Å². The average Bonchev–Trinajstić information content (AvgIpc) is 3.08. The third-order valence-corrected chi connectivity index (χ3v) is 6.66. The van der Waals surface area contributed by atoms with Crippen molar-refractivity contribution in [2.24, 2.45) is 0 Å². The molecule has 8 nitrogen and oxygen atoms in total. The molecule has 1 atom stereocenters. The molecule has 2 aromatic rings. The summed E-state index contributed by atoms with van der Waals surface area (Å²) in [6.07, 6.45) is 2.80. The van der Waals surface area contributed by atoms with Gasteiger partial charge in [-0.25, -0.2) is 8.42 Å². The Balaban J connectivity index is 2.18. The van der Waals surface area contributed by atoms with E-state index in [1.807, 2.05) is 6.92 Å². The largest absolute Gasteiger partial charge is 0.494 e. The molecule has 1 N–H and O–H groups in total. The second-order valence-electron chi connectivity index (χ2n) is 5.62. The minimum atomic E-state index is -3.70. The molecule has 0 radical (unpaired) electrons. The molecule has 1 amide bonds. The lowest BCUT2D eigenvalue weighted by Crippen LogP contribution is -2.45. The number of nitrogens with one attached hydrogen (secondary N) is 1. The highest BCUT2D eigenvalue weighted by Crippen LogP contribution is 2.27. The zero-order valence-electron chi connectivity index (χ0n) is 15.8. The first-order chi connectivity index (χ1) is 13.3. The van der Waals surface area contributed by atoms with E-state index in [4.69, 9.17) is 4.74 Å². The van der Waals surface area contributed by atoms with Crippen molar-refractivity contribution in [2.45, 2.75) is 24.2 Å². The van der Waals surface area contributed by atoms with Crippen LogP contribution in [0.25, 0.3) is 0 Å². The summed E-state index contributed by atoms with van der Waals surface area (Å²) in [6.45, 7) is 7.51. The van der Waals surface area contributed by atoms with Gasteiger partial charge in [-0.05, 0) is 38.1 Å². The summed E-state index contributed by atoms with van der Waals surface area (Å²) in [5, 5.41) is 10.8. The van der Waals surface area contributed by atoms with Gasteiger partial charge in [-0.2, -0.15) is 0 Å². The van der Waals surface area contributed by atoms with Crippen molar-refractivity contribution in [3.05, 3.63) is 36.9 Å². The summed E-state index contributed by atoms with van der Waals surface area (Å²) >= 11 is 2.66. The van der Waals surface area contributed by atoms with E-state index >= 15 is 0 Å². The number of anilines is 2. The van der Waals surface area contributed by atoms with Crippen LogP contribution in [-0.4, -0.2) is 49.2 Å². The fourth-order valence-electron chi connectivity index (χ4n) is 2.32. The Morgan fingerprint density at radius 3 is 2.64 bits per heavy atom. The van der Waals surface area contributed by atoms with Crippen LogP contribution < -0.4 is 14.4 Å². The normalized spacial score (nSPS) is 12.2. The number of rotatable bonds is 10. The van der Waals surface area contributed by atoms with Gasteiger partial charge >= 0.3 is 0 Å². The van der Waals surface area contributed by atoms with E-state index in [0.29, 0.717) is 33.3 Å². The fourth-order valence-corrected chi connectivity index (χ4v) is 5.01. The molecule has 0 fully saturated rings. The maximum absolute atomic E-state index is 12.6. The van der Waals surface area contributed by atoms with E-state index in [2.05, 4.69) is 22.1 Å². The number of aromatic nitrogens is 2. The minimum absolute atomic E-state index is 0.309. The summed E-state index contributed by atoms with van der Waals surface area (Å²) in [6, 6.07) is 5.54. The highest BCUT2D eigenvalue weighted by atomic mass is 32.2. The molecule has 1 heterocycles. The first-order valence-electron chi connectivity index (χ1n) is 8.36. The van der Waals surface area contributed by atoms with E-state index in [1.165, 1.54) is 30.0 Å². The Bertz CT molecular complexity index is 913. The second-order valence-corrected chi connectivity index (χ2v) is 9.73. The lowest BCUT2D eigenvalue weighted by Gasteiger charge is -2.28. The Hall–Kier alpha value is -2.11. The van der Waals surface area contributed by atoms with Gasteiger partial charge in [0.25, 0.3) is 0 Å². The number of thioether (sulfide) groups is 1. The molecule has 0 aliphatic carbocycles. The van der Waals surface area contributed by atoms with Crippen LogP contribution in [0, 0.1) is 0 Å². The molecule has 2 rings (SSSR count). The molecule has 0 saturated carbocycles. The van der Waals surface area contributed by atoms with Gasteiger partial charge in [-0.15, -0.1) is 16.8 Å². The van der Waals surface area contributed by atoms with Crippen molar-refractivity contribution >= 4 is 49.8 Å². The van der Waals surface area contributed by atoms with Crippen LogP contribution in [0.4, 0.5) is 10.8 Å². The molecule has 28 heavy (non-hydrogen) atoms. The van der Waals surface area contributed by atoms with Crippen LogP contribution in [0.1, 0.15) is 13.8 Å². The summed E-state index contributed by atoms with van der Waals surface area (Å²) in [5.74, 6) is 0.796. The summed E-state index contributed by atoms with van der Waals surface area (Å²) in [4.78, 5) is 12.6. The molecular formula is C17H22N4O4S3. The first-order valence-corrected chi connectivity index (χ1v) is 12.0. The number of hydrogen-bond acceptors (Lipinski definition) is 8. The van der Waals surface area contributed by atoms with Gasteiger partial charge in [0.15, 0.2) is 4.34 Å². The van der Waals surface area contributed by atoms with Crippen molar-refractivity contribution in [1.82, 2.24) is 10.2 Å². The second kappa shape index (κ2) is 9.89. The quantitative estimate of drug-likeness (QED) is 0.343. The molecule has 0 aliphatic heterocycles. The van der Waals surface area contributed by atoms with Crippen LogP contribution in [0.15, 0.2) is 41.3 Å². The van der Waals surface area contributed by atoms with E-state index < -0.39 is 22.0 Å². The molecular weight excluding hydrogens is 420 g/mol. The van der Waals surface area contributed by atoms with Gasteiger partial charge in [0.05, 0.1) is 18.6 Å². The lowest BCUT2D eigenvalue weighted by molar-refractivity contribution is -0.116. The molecule has 0 bridgehead atoms. The predicted molar refractivity (Wildman–Crippen MR) is 114 cm³/mol. The van der Waals surface area contributed by atoms with Gasteiger partial charge in [0.1, 0.15) is 11.8 Å². The molecule has 1 unspecified atom stereocenters. The van der Waals surface area contributed by atoms with E-state index in [0.717, 1.165) is 10.6 Å². The van der Waals surface area contributed by atoms with Crippen molar-refractivity contribution in [3.63, 3.8) is 0 Å². The van der Waals surface area contributed by atoms with Crippen LogP contribution in [0.5, 0.6) is 5.75 Å². The minimum Gasteiger partial charge on any atom is -0.494 e. The molecule has 0 saturated heterocycles. The third kappa shape index (κ3) is 5.94. The maximum atomic E-state index is 12.6. The van der Waals surface area contributed by atoms with Gasteiger partial charge in [-0.3, -0.25) is 14.4 Å². The fraction of sp³-hybridized carbons (Fsp3) is 0.353. The van der Waals surface area contributed by atoms with Gasteiger partial charge in [-0.1, -0.05) is 29.2 Å². The Labute approximate surface area is 173 Å². The smallest absolute Gasteiger partial charge is 0.249 e. The summed E-state index contributed by atoms with van der Waals surface area (Å²) in [7, 11) is -3.70. The van der Waals surface area contributed by atoms with Crippen LogP contribution >= 0.6 is 23.1 Å². The maximum Gasteiger partial charge on any atom is 0.249 e. The number of benzene rings is 1. The van der Waals surface area contributed by atoms with Crippen LogP contribution in [0.2, 0.25) is 0 Å². The highest BCUT2D eigenvalue weighted by Gasteiger charge is 2.29. The molecule has 0 spiro atoms. The Morgan fingerprint density at radius 1 is 1.39 bits per heavy atom. The van der Waals surface area contributed by atoms with Crippen LogP contribution in [0.3, 0.4) is 0 Å². The number of carbonyl (C=O) groups is 1. The van der Waals surface area contributed by atoms with Gasteiger partial charge in [0.2, 0.25) is 21.1 Å². The monoisotopic (exact) mass is 442 g/mol. The molecule has 1 aromatic heterocycles. The highest BCUT2D eigenvalue weighted by molar-refractivity contribution is 8.01. The van der Waals surface area contributed by atoms with Gasteiger partial charge < -0.3 is 4.74 Å². The number of amides is 1. The first kappa shape index (κ1) is 22.2. The molecule has 1 aromatic carbocycles. The number of ether oxygens (including phenoxy) is 1. The summed E-state index contributed by atoms with van der Waals surface area (Å²) < 4.78 is 31.8. The van der Waals surface area contributed by atoms with Crippen molar-refractivity contribution in [3.8, 4) is 5.75 Å². The SMILES string of the molecule is C=CCSc1nnc(NC(=O)C(C)N(c2ccc(OCC)cc2)S(C)(=O)=O)s1. The summed E-state index contributed by atoms with van der Waals surface area (Å²) in [5.41, 5.74) is 0.369. The topological polar surface area (TPSA) is 101 Å². The van der Waals surface area contributed by atoms with E-state index in [9.17, 15) is 13.2 Å². The standard InChI is InChI=1S/C17H22N4O4S3/c1-5-11-26-17-20-19-16(27-17)18-15(22)12(3)21(28(4,23)24)13-7-9-14(10-8-13)25-6-2/h5,7-10,12H,1,6,11H2,2-4H3,(H,18,19,22). The molecule has 152 valence electrons. The zero-order valence-corrected chi connectivity index (χ0v) is 18.2. The average molecular weight is 443 g/mol. The Kier molecular flexibility index (Phi) is 7.84. The Morgan fingerprint density at radius 2 is 2.07 bits per heavy atom. The van der Waals surface area contributed by atoms with E-state index in [-0.39, 0.29) is 0 Å². The number of hydrogen-bond donors (Lipinski definition) is 1. The van der Waals surface area contributed by atoms with Crippen LogP contribution in [-0.2, 0) is 14.8 Å². The molecule has 0 aliphatic rings. The zero-order chi connectivity index (χ0) is 20.7. The van der Waals surface area contributed by atoms with Crippen molar-refractivity contribution in [2.75, 3.05) is 28.2 Å². The number of sulfonamides is 1. The van der Waals surface area contributed by atoms with Crippen molar-refractivity contribution in [1.29, 1.82) is 0 Å². The third-order valence-electron chi connectivity index (χ3n) is 3.45.